The van der Waals surface area contributed by atoms with Crippen molar-refractivity contribution in [1.82, 2.24) is 4.90 Å². The van der Waals surface area contributed by atoms with Gasteiger partial charge in [-0.1, -0.05) is 31.9 Å². The van der Waals surface area contributed by atoms with Gasteiger partial charge in [0.15, 0.2) is 0 Å². The van der Waals surface area contributed by atoms with Gasteiger partial charge >= 0.3 is 0 Å². The molecule has 0 radical (unpaired) electrons. The molecule has 0 aromatic heterocycles. The Kier molecular flexibility index (Phi) is 5.93. The van der Waals surface area contributed by atoms with Gasteiger partial charge in [-0.25, -0.2) is 0 Å². The number of hydrogen-bond acceptors (Lipinski definition) is 2. The second-order valence-corrected chi connectivity index (χ2v) is 5.66. The summed E-state index contributed by atoms with van der Waals surface area (Å²) in [6, 6.07) is 0. The molecule has 0 heterocycles. The zero-order valence-electron chi connectivity index (χ0n) is 11.3. The van der Waals surface area contributed by atoms with Crippen molar-refractivity contribution in [1.29, 1.82) is 0 Å². The van der Waals surface area contributed by atoms with Gasteiger partial charge in [0.2, 0.25) is 0 Å². The summed E-state index contributed by atoms with van der Waals surface area (Å²) >= 11 is 0. The van der Waals surface area contributed by atoms with Crippen molar-refractivity contribution in [2.45, 2.75) is 32.6 Å². The maximum Gasteiger partial charge on any atom is 0.0164 e. The third kappa shape index (κ3) is 4.29. The summed E-state index contributed by atoms with van der Waals surface area (Å²) in [5.74, 6) is 0.877. The van der Waals surface area contributed by atoms with E-state index in [0.29, 0.717) is 5.41 Å². The van der Waals surface area contributed by atoms with E-state index < -0.39 is 0 Å². The van der Waals surface area contributed by atoms with Gasteiger partial charge in [-0.05, 0) is 30.7 Å². The van der Waals surface area contributed by atoms with Gasteiger partial charge in [-0.2, -0.15) is 0 Å². The van der Waals surface area contributed by atoms with E-state index in [1.165, 1.54) is 25.7 Å². The molecule has 0 atom stereocenters. The summed E-state index contributed by atoms with van der Waals surface area (Å²) < 4.78 is 0. The van der Waals surface area contributed by atoms with Crippen LogP contribution in [0.25, 0.3) is 0 Å². The first-order chi connectivity index (χ1) is 8.15. The zero-order valence-corrected chi connectivity index (χ0v) is 11.3. The summed E-state index contributed by atoms with van der Waals surface area (Å²) in [4.78, 5) is 2.41. The van der Waals surface area contributed by atoms with E-state index in [1.54, 1.807) is 0 Å². The molecule has 1 fully saturated rings. The zero-order chi connectivity index (χ0) is 12.7. The first-order valence-corrected chi connectivity index (χ1v) is 6.80. The van der Waals surface area contributed by atoms with Crippen molar-refractivity contribution in [2.24, 2.45) is 17.1 Å². The quantitative estimate of drug-likeness (QED) is 0.689. The average molecular weight is 236 g/mol. The van der Waals surface area contributed by atoms with Crippen molar-refractivity contribution >= 4 is 0 Å². The second-order valence-electron chi connectivity index (χ2n) is 5.66. The SMILES string of the molecule is C=CCN(CC=C)CC1(CN)CCC(C)CC1. The van der Waals surface area contributed by atoms with Crippen molar-refractivity contribution in [2.75, 3.05) is 26.2 Å². The van der Waals surface area contributed by atoms with Crippen molar-refractivity contribution in [3.63, 3.8) is 0 Å². The van der Waals surface area contributed by atoms with Crippen LogP contribution in [0.5, 0.6) is 0 Å². The molecule has 2 N–H and O–H groups in total. The van der Waals surface area contributed by atoms with Crippen LogP contribution in [0.1, 0.15) is 32.6 Å². The van der Waals surface area contributed by atoms with Crippen LogP contribution in [0.4, 0.5) is 0 Å². The number of hydrogen-bond donors (Lipinski definition) is 1. The fourth-order valence-corrected chi connectivity index (χ4v) is 2.84. The van der Waals surface area contributed by atoms with E-state index >= 15 is 0 Å². The lowest BCUT2D eigenvalue weighted by atomic mass is 9.70. The lowest BCUT2D eigenvalue weighted by molar-refractivity contribution is 0.107. The fourth-order valence-electron chi connectivity index (χ4n) is 2.84. The van der Waals surface area contributed by atoms with E-state index in [9.17, 15) is 0 Å². The highest BCUT2D eigenvalue weighted by atomic mass is 15.1. The Labute approximate surface area is 107 Å². The molecule has 1 aliphatic carbocycles. The Bertz CT molecular complexity index is 229. The van der Waals surface area contributed by atoms with Crippen LogP contribution in [0.2, 0.25) is 0 Å². The standard InChI is InChI=1S/C15H28N2/c1-4-10-17(11-5-2)13-15(12-16)8-6-14(3)7-9-15/h4-5,14H,1-2,6-13,16H2,3H3. The summed E-state index contributed by atoms with van der Waals surface area (Å²) in [6.45, 7) is 13.8. The topological polar surface area (TPSA) is 29.3 Å². The van der Waals surface area contributed by atoms with Crippen LogP contribution >= 0.6 is 0 Å². The van der Waals surface area contributed by atoms with Gasteiger partial charge in [-0.3, -0.25) is 4.90 Å². The second kappa shape index (κ2) is 6.97. The Balaban J connectivity index is 2.59. The Hall–Kier alpha value is -0.600. The molecule has 0 bridgehead atoms. The largest absolute Gasteiger partial charge is 0.330 e. The number of rotatable bonds is 7. The van der Waals surface area contributed by atoms with E-state index in [0.717, 1.165) is 32.1 Å². The van der Waals surface area contributed by atoms with E-state index in [-0.39, 0.29) is 0 Å². The molecule has 0 aromatic carbocycles. The molecule has 0 amide bonds. The number of nitrogens with zero attached hydrogens (tertiary/aromatic N) is 1. The van der Waals surface area contributed by atoms with E-state index in [1.807, 2.05) is 12.2 Å². The Morgan fingerprint density at radius 1 is 1.24 bits per heavy atom. The van der Waals surface area contributed by atoms with Crippen molar-refractivity contribution in [3.8, 4) is 0 Å². The predicted octanol–water partition coefficient (Wildman–Crippen LogP) is 2.82. The smallest absolute Gasteiger partial charge is 0.0164 e. The molecule has 0 aromatic rings. The first kappa shape index (κ1) is 14.5. The van der Waals surface area contributed by atoms with Gasteiger partial charge in [0, 0.05) is 19.6 Å². The third-order valence-corrected chi connectivity index (χ3v) is 4.10. The summed E-state index contributed by atoms with van der Waals surface area (Å²) in [5, 5.41) is 0. The van der Waals surface area contributed by atoms with Gasteiger partial charge in [0.05, 0.1) is 0 Å². The molecule has 0 saturated heterocycles. The van der Waals surface area contributed by atoms with Crippen LogP contribution in [0, 0.1) is 11.3 Å². The fraction of sp³-hybridized carbons (Fsp3) is 0.733. The van der Waals surface area contributed by atoms with E-state index in [4.69, 9.17) is 5.73 Å². The lowest BCUT2D eigenvalue weighted by Gasteiger charge is -2.41. The summed E-state index contributed by atoms with van der Waals surface area (Å²) in [7, 11) is 0. The molecule has 98 valence electrons. The van der Waals surface area contributed by atoms with Crippen LogP contribution in [-0.4, -0.2) is 31.1 Å². The Morgan fingerprint density at radius 2 is 1.76 bits per heavy atom. The monoisotopic (exact) mass is 236 g/mol. The molecule has 0 aliphatic heterocycles. The molecule has 0 spiro atoms. The number of nitrogens with two attached hydrogens (primary N) is 1. The minimum absolute atomic E-state index is 0.332. The molecule has 1 saturated carbocycles. The van der Waals surface area contributed by atoms with Gasteiger partial charge < -0.3 is 5.73 Å². The van der Waals surface area contributed by atoms with E-state index in [2.05, 4.69) is 25.0 Å². The van der Waals surface area contributed by atoms with Crippen LogP contribution in [0.3, 0.4) is 0 Å². The van der Waals surface area contributed by atoms with Gasteiger partial charge in [0.1, 0.15) is 0 Å². The van der Waals surface area contributed by atoms with Crippen LogP contribution in [0.15, 0.2) is 25.3 Å². The van der Waals surface area contributed by atoms with Crippen LogP contribution in [-0.2, 0) is 0 Å². The molecule has 2 nitrogen and oxygen atoms in total. The van der Waals surface area contributed by atoms with Crippen molar-refractivity contribution in [3.05, 3.63) is 25.3 Å². The average Bonchev–Trinajstić information content (AvgIpc) is 2.33. The highest BCUT2D eigenvalue weighted by molar-refractivity contribution is 4.91. The predicted molar refractivity (Wildman–Crippen MR) is 76.0 cm³/mol. The molecular weight excluding hydrogens is 208 g/mol. The maximum absolute atomic E-state index is 6.05. The molecule has 1 rings (SSSR count). The molecule has 0 unspecified atom stereocenters. The summed E-state index contributed by atoms with van der Waals surface area (Å²) in [5.41, 5.74) is 6.38. The Morgan fingerprint density at radius 3 is 2.18 bits per heavy atom. The van der Waals surface area contributed by atoms with Crippen molar-refractivity contribution < 1.29 is 0 Å². The van der Waals surface area contributed by atoms with Crippen LogP contribution < -0.4 is 5.73 Å². The minimum Gasteiger partial charge on any atom is -0.330 e. The first-order valence-electron chi connectivity index (χ1n) is 6.80. The highest BCUT2D eigenvalue weighted by Gasteiger charge is 2.34. The maximum atomic E-state index is 6.05. The lowest BCUT2D eigenvalue weighted by Crippen LogP contribution is -2.44. The molecular formula is C15H28N2. The third-order valence-electron chi connectivity index (χ3n) is 4.10. The summed E-state index contributed by atoms with van der Waals surface area (Å²) in [6.07, 6.45) is 9.14. The normalized spacial score (nSPS) is 29.2. The molecule has 2 heteroatoms. The minimum atomic E-state index is 0.332. The highest BCUT2D eigenvalue weighted by Crippen LogP contribution is 2.38. The molecule has 17 heavy (non-hydrogen) atoms. The molecule has 1 aliphatic rings. The van der Waals surface area contributed by atoms with Gasteiger partial charge in [-0.15, -0.1) is 13.2 Å². The van der Waals surface area contributed by atoms with Gasteiger partial charge in [0.25, 0.3) is 0 Å².